The van der Waals surface area contributed by atoms with Crippen LogP contribution in [0, 0.1) is 13.8 Å². The third kappa shape index (κ3) is 4.54. The molecule has 3 nitrogen and oxygen atoms in total. The van der Waals surface area contributed by atoms with Crippen molar-refractivity contribution in [1.29, 1.82) is 0 Å². The third-order valence-corrected chi connectivity index (χ3v) is 4.93. The largest absolute Gasteiger partial charge is 0.418 e. The van der Waals surface area contributed by atoms with E-state index < -0.39 is 17.6 Å². The van der Waals surface area contributed by atoms with Crippen LogP contribution in [0.1, 0.15) is 21.0 Å². The number of nitrogens with one attached hydrogen (secondary N) is 1. The number of alkyl halides is 3. The van der Waals surface area contributed by atoms with Crippen LogP contribution >= 0.6 is 11.3 Å². The Morgan fingerprint density at radius 3 is 2.41 bits per heavy atom. The minimum absolute atomic E-state index is 0.0408. The van der Waals surface area contributed by atoms with Crippen LogP contribution in [0.25, 0.3) is 11.3 Å². The summed E-state index contributed by atoms with van der Waals surface area (Å²) in [6.45, 7) is 3.81. The van der Waals surface area contributed by atoms with Crippen molar-refractivity contribution in [2.45, 2.75) is 26.4 Å². The van der Waals surface area contributed by atoms with Crippen LogP contribution in [0.15, 0.2) is 48.5 Å². The molecule has 1 N–H and O–H groups in total. The summed E-state index contributed by atoms with van der Waals surface area (Å²) in [5, 5.41) is 3.18. The van der Waals surface area contributed by atoms with Gasteiger partial charge in [-0.3, -0.25) is 4.79 Å². The molecule has 0 unspecified atom stereocenters. The van der Waals surface area contributed by atoms with Gasteiger partial charge in [0.1, 0.15) is 0 Å². The van der Waals surface area contributed by atoms with E-state index in [-0.39, 0.29) is 12.1 Å². The summed E-state index contributed by atoms with van der Waals surface area (Å²) in [5.74, 6) is -0.510. The predicted molar refractivity (Wildman–Crippen MR) is 101 cm³/mol. The summed E-state index contributed by atoms with van der Waals surface area (Å²) in [7, 11) is 0. The Hall–Kier alpha value is -2.67. The molecule has 7 heteroatoms. The number of rotatable bonds is 4. The fourth-order valence-corrected chi connectivity index (χ4v) is 3.66. The Bertz CT molecular complexity index is 962. The number of benzene rings is 2. The van der Waals surface area contributed by atoms with Gasteiger partial charge in [-0.1, -0.05) is 42.0 Å². The lowest BCUT2D eigenvalue weighted by Crippen LogP contribution is -2.18. The summed E-state index contributed by atoms with van der Waals surface area (Å²) < 4.78 is 39.3. The van der Waals surface area contributed by atoms with E-state index in [1.54, 1.807) is 0 Å². The summed E-state index contributed by atoms with van der Waals surface area (Å²) in [5.41, 5.74) is 1.57. The number of halogens is 3. The fraction of sp³-hybridized carbons (Fsp3) is 0.200. The van der Waals surface area contributed by atoms with Crippen molar-refractivity contribution in [3.63, 3.8) is 0 Å². The number of carbonyl (C=O) groups excluding carboxylic acids is 1. The van der Waals surface area contributed by atoms with Gasteiger partial charge in [-0.25, -0.2) is 4.98 Å². The molecule has 1 heterocycles. The predicted octanol–water partition coefficient (Wildman–Crippen LogP) is 5.63. The first-order valence-corrected chi connectivity index (χ1v) is 9.05. The molecular weight excluding hydrogens is 373 g/mol. The number of aromatic nitrogens is 1. The Labute approximate surface area is 158 Å². The van der Waals surface area contributed by atoms with Gasteiger partial charge in [-0.15, -0.1) is 11.3 Å². The highest BCUT2D eigenvalue weighted by molar-refractivity contribution is 7.12. The quantitative estimate of drug-likeness (QED) is 0.628. The van der Waals surface area contributed by atoms with Crippen molar-refractivity contribution < 1.29 is 18.0 Å². The van der Waals surface area contributed by atoms with Crippen LogP contribution < -0.4 is 5.32 Å². The van der Waals surface area contributed by atoms with Crippen molar-refractivity contribution in [1.82, 2.24) is 4.98 Å². The number of anilines is 1. The van der Waals surface area contributed by atoms with E-state index in [0.29, 0.717) is 5.69 Å². The molecule has 0 saturated heterocycles. The molecular formula is C20H17F3N2OS. The number of amides is 1. The Morgan fingerprint density at radius 2 is 1.74 bits per heavy atom. The number of carbonyl (C=O) groups is 1. The zero-order valence-electron chi connectivity index (χ0n) is 14.7. The molecule has 3 rings (SSSR count). The van der Waals surface area contributed by atoms with Crippen molar-refractivity contribution in [3.05, 3.63) is 69.5 Å². The van der Waals surface area contributed by atoms with Crippen molar-refractivity contribution in [3.8, 4) is 11.3 Å². The third-order valence-electron chi connectivity index (χ3n) is 3.96. The molecule has 0 radical (unpaired) electrons. The van der Waals surface area contributed by atoms with Crippen LogP contribution in [-0.4, -0.2) is 10.9 Å². The minimum Gasteiger partial charge on any atom is -0.325 e. The van der Waals surface area contributed by atoms with Gasteiger partial charge in [0.25, 0.3) is 0 Å². The van der Waals surface area contributed by atoms with E-state index in [9.17, 15) is 18.0 Å². The number of thiazole rings is 1. The molecule has 0 aliphatic rings. The SMILES string of the molecule is Cc1ccc(-c2nc(C)sc2CC(=O)Nc2ccccc2C(F)(F)F)cc1. The summed E-state index contributed by atoms with van der Waals surface area (Å²) in [6, 6.07) is 12.7. The van der Waals surface area contributed by atoms with E-state index >= 15 is 0 Å². The Balaban J connectivity index is 1.83. The Kier molecular flexibility index (Phi) is 5.32. The monoisotopic (exact) mass is 390 g/mol. The second-order valence-corrected chi connectivity index (χ2v) is 7.43. The number of nitrogens with zero attached hydrogens (tertiary/aromatic N) is 1. The molecule has 0 aliphatic carbocycles. The summed E-state index contributed by atoms with van der Waals surface area (Å²) in [4.78, 5) is 17.6. The first-order chi connectivity index (χ1) is 12.7. The highest BCUT2D eigenvalue weighted by Crippen LogP contribution is 2.35. The van der Waals surface area contributed by atoms with E-state index in [4.69, 9.17) is 0 Å². The second kappa shape index (κ2) is 7.52. The van der Waals surface area contributed by atoms with E-state index in [2.05, 4.69) is 10.3 Å². The van der Waals surface area contributed by atoms with Gasteiger partial charge in [-0.05, 0) is 26.0 Å². The highest BCUT2D eigenvalue weighted by atomic mass is 32.1. The summed E-state index contributed by atoms with van der Waals surface area (Å²) >= 11 is 1.37. The Morgan fingerprint density at radius 1 is 1.07 bits per heavy atom. The number of para-hydroxylation sites is 1. The minimum atomic E-state index is -4.53. The maximum atomic E-state index is 13.1. The number of hydrogen-bond donors (Lipinski definition) is 1. The van der Waals surface area contributed by atoms with Gasteiger partial charge >= 0.3 is 6.18 Å². The molecule has 1 aromatic heterocycles. The normalized spacial score (nSPS) is 11.4. The van der Waals surface area contributed by atoms with Crippen LogP contribution in [0.5, 0.6) is 0 Å². The molecule has 27 heavy (non-hydrogen) atoms. The zero-order chi connectivity index (χ0) is 19.6. The smallest absolute Gasteiger partial charge is 0.325 e. The van der Waals surface area contributed by atoms with Crippen LogP contribution in [0.2, 0.25) is 0 Å². The highest BCUT2D eigenvalue weighted by Gasteiger charge is 2.33. The van der Waals surface area contributed by atoms with E-state index in [1.165, 1.54) is 29.5 Å². The lowest BCUT2D eigenvalue weighted by atomic mass is 10.1. The topological polar surface area (TPSA) is 42.0 Å². The zero-order valence-corrected chi connectivity index (χ0v) is 15.5. The van der Waals surface area contributed by atoms with Crippen molar-refractivity contribution >= 4 is 22.9 Å². The van der Waals surface area contributed by atoms with Crippen LogP contribution in [0.3, 0.4) is 0 Å². The van der Waals surface area contributed by atoms with Gasteiger partial charge in [0.15, 0.2) is 0 Å². The molecule has 0 fully saturated rings. The van der Waals surface area contributed by atoms with Crippen molar-refractivity contribution in [2.24, 2.45) is 0 Å². The average Bonchev–Trinajstić information content (AvgIpc) is 2.95. The molecule has 140 valence electrons. The standard InChI is InChI=1S/C20H17F3N2OS/c1-12-7-9-14(10-8-12)19-17(27-13(2)24-19)11-18(26)25-16-6-4-3-5-15(16)20(21,22)23/h3-10H,11H2,1-2H3,(H,25,26). The molecule has 3 aromatic rings. The maximum Gasteiger partial charge on any atom is 0.418 e. The molecule has 0 spiro atoms. The average molecular weight is 390 g/mol. The van der Waals surface area contributed by atoms with Gasteiger partial charge in [0.05, 0.1) is 28.4 Å². The molecule has 0 saturated carbocycles. The van der Waals surface area contributed by atoms with E-state index in [0.717, 1.165) is 27.1 Å². The van der Waals surface area contributed by atoms with Crippen LogP contribution in [-0.2, 0) is 17.4 Å². The van der Waals surface area contributed by atoms with Crippen LogP contribution in [0.4, 0.5) is 18.9 Å². The number of hydrogen-bond acceptors (Lipinski definition) is 3. The number of aryl methyl sites for hydroxylation is 2. The van der Waals surface area contributed by atoms with Gasteiger partial charge in [0, 0.05) is 10.4 Å². The maximum absolute atomic E-state index is 13.1. The van der Waals surface area contributed by atoms with Gasteiger partial charge in [-0.2, -0.15) is 13.2 Å². The molecule has 0 bridgehead atoms. The molecule has 2 aromatic carbocycles. The first kappa shape index (κ1) is 19.1. The van der Waals surface area contributed by atoms with E-state index in [1.807, 2.05) is 38.1 Å². The molecule has 1 amide bonds. The summed E-state index contributed by atoms with van der Waals surface area (Å²) in [6.07, 6.45) is -4.57. The molecule has 0 atom stereocenters. The lowest BCUT2D eigenvalue weighted by Gasteiger charge is -2.13. The molecule has 0 aliphatic heterocycles. The second-order valence-electron chi connectivity index (χ2n) is 6.14. The lowest BCUT2D eigenvalue weighted by molar-refractivity contribution is -0.137. The fourth-order valence-electron chi connectivity index (χ4n) is 2.71. The van der Waals surface area contributed by atoms with Gasteiger partial charge < -0.3 is 5.32 Å². The first-order valence-electron chi connectivity index (χ1n) is 8.23. The van der Waals surface area contributed by atoms with Gasteiger partial charge in [0.2, 0.25) is 5.91 Å². The van der Waals surface area contributed by atoms with Crippen molar-refractivity contribution in [2.75, 3.05) is 5.32 Å².